The lowest BCUT2D eigenvalue weighted by molar-refractivity contribution is 0.146. The Morgan fingerprint density at radius 3 is 2.74 bits per heavy atom. The Kier molecular flexibility index (Phi) is 6.38. The number of anilines is 1. The third-order valence-electron chi connectivity index (χ3n) is 7.34. The Balaban J connectivity index is 1.46. The summed E-state index contributed by atoms with van der Waals surface area (Å²) in [4.78, 5) is 24.5. The van der Waals surface area contributed by atoms with Crippen LogP contribution in [-0.2, 0) is 0 Å². The number of aliphatic hydroxyl groups is 1. The van der Waals surface area contributed by atoms with Crippen LogP contribution >= 0.6 is 0 Å². The van der Waals surface area contributed by atoms with Gasteiger partial charge in [-0.15, -0.1) is 0 Å². The molecule has 0 bridgehead atoms. The van der Waals surface area contributed by atoms with E-state index in [2.05, 4.69) is 51.9 Å². The van der Waals surface area contributed by atoms with Gasteiger partial charge in [0.05, 0.1) is 29.1 Å². The van der Waals surface area contributed by atoms with Gasteiger partial charge in [0.25, 0.3) is 0 Å². The minimum Gasteiger partial charge on any atom is -0.423 e. The monoisotopic (exact) mass is 474 g/mol. The van der Waals surface area contributed by atoms with Crippen molar-refractivity contribution in [3.8, 4) is 0 Å². The molecule has 1 aromatic carbocycles. The summed E-state index contributed by atoms with van der Waals surface area (Å²) in [7, 11) is 0. The van der Waals surface area contributed by atoms with Crippen LogP contribution in [0.3, 0.4) is 0 Å². The first-order valence-corrected chi connectivity index (χ1v) is 12.5. The Morgan fingerprint density at radius 2 is 1.97 bits per heavy atom. The predicted octanol–water partition coefficient (Wildman–Crippen LogP) is 4.20. The molecular formula is C28H34N4O3. The van der Waals surface area contributed by atoms with Crippen molar-refractivity contribution in [3.05, 3.63) is 70.3 Å². The van der Waals surface area contributed by atoms with Gasteiger partial charge < -0.3 is 19.3 Å². The van der Waals surface area contributed by atoms with Crippen LogP contribution in [0, 0.1) is 5.92 Å². The molecule has 184 valence electrons. The Morgan fingerprint density at radius 1 is 1.14 bits per heavy atom. The molecule has 7 nitrogen and oxygen atoms in total. The molecule has 1 saturated heterocycles. The zero-order valence-electron chi connectivity index (χ0n) is 21.0. The standard InChI is InChI=1S/C28H34N4O3/c1-18-5-8-26-21(4)29-19(2)15-32(26)17-25(18)27-13-22-6-7-23(14-24(22)28(34)35-27)31-10-9-30(11-12-33)20(3)16-31/h6-8,13-15,17-18,20,33H,5,9-12,16H2,1-4H3/t18?,20-/m0/s1. The van der Waals surface area contributed by atoms with Gasteiger partial charge in [-0.2, -0.15) is 0 Å². The maximum atomic E-state index is 13.2. The molecule has 0 spiro atoms. The number of piperazine rings is 1. The largest absolute Gasteiger partial charge is 0.423 e. The van der Waals surface area contributed by atoms with Crippen LogP contribution in [0.2, 0.25) is 0 Å². The summed E-state index contributed by atoms with van der Waals surface area (Å²) in [6.45, 7) is 11.9. The van der Waals surface area contributed by atoms with Crippen LogP contribution in [0.25, 0.3) is 16.3 Å². The fourth-order valence-corrected chi connectivity index (χ4v) is 5.37. The van der Waals surface area contributed by atoms with Crippen molar-refractivity contribution in [2.75, 3.05) is 37.7 Å². The van der Waals surface area contributed by atoms with Gasteiger partial charge in [-0.1, -0.05) is 19.1 Å². The number of β-amino-alcohol motifs (C(OH)–C–C–N with tert-alkyl or cyclic N) is 1. The number of benzene rings is 1. The number of fused-ring (bicyclic) bond motifs is 2. The highest BCUT2D eigenvalue weighted by atomic mass is 16.4. The van der Waals surface area contributed by atoms with Crippen molar-refractivity contribution in [3.63, 3.8) is 0 Å². The lowest BCUT2D eigenvalue weighted by Gasteiger charge is -2.40. The van der Waals surface area contributed by atoms with Gasteiger partial charge in [0, 0.05) is 55.9 Å². The zero-order valence-corrected chi connectivity index (χ0v) is 21.0. The Bertz CT molecular complexity index is 1320. The average molecular weight is 475 g/mol. The van der Waals surface area contributed by atoms with Gasteiger partial charge in [0.15, 0.2) is 0 Å². The van der Waals surface area contributed by atoms with Crippen molar-refractivity contribution in [1.82, 2.24) is 9.80 Å². The molecule has 3 aliphatic heterocycles. The van der Waals surface area contributed by atoms with Gasteiger partial charge in [0.1, 0.15) is 5.76 Å². The number of aliphatic imine (C=N–C) groups is 1. The van der Waals surface area contributed by atoms with Gasteiger partial charge in [-0.05, 0) is 56.7 Å². The number of hydrogen-bond donors (Lipinski definition) is 1. The summed E-state index contributed by atoms with van der Waals surface area (Å²) in [5.41, 5.74) is 4.76. The number of nitrogens with zero attached hydrogens (tertiary/aromatic N) is 4. The van der Waals surface area contributed by atoms with E-state index in [-0.39, 0.29) is 18.2 Å². The highest BCUT2D eigenvalue weighted by molar-refractivity contribution is 5.99. The van der Waals surface area contributed by atoms with E-state index in [0.717, 1.165) is 59.8 Å². The second kappa shape index (κ2) is 9.47. The lowest BCUT2D eigenvalue weighted by Crippen LogP contribution is -2.52. The normalized spacial score (nSPS) is 23.3. The van der Waals surface area contributed by atoms with E-state index in [0.29, 0.717) is 23.7 Å². The number of allylic oxidation sites excluding steroid dienone is 4. The topological polar surface area (TPSA) is 72.5 Å². The van der Waals surface area contributed by atoms with E-state index in [1.54, 1.807) is 0 Å². The van der Waals surface area contributed by atoms with Gasteiger partial charge in [0.2, 0.25) is 0 Å². The quantitative estimate of drug-likeness (QED) is 0.716. The SMILES string of the molecule is CC1=CN2C=C(c3cc4ccc(N5CCN(CCO)[C@@H](C)C5)cc4c(=O)o3)C(C)CC=C2C(C)=N1. The molecule has 1 fully saturated rings. The summed E-state index contributed by atoms with van der Waals surface area (Å²) in [5.74, 6) is 0.820. The minimum absolute atomic E-state index is 0.178. The summed E-state index contributed by atoms with van der Waals surface area (Å²) in [6.07, 6.45) is 7.15. The summed E-state index contributed by atoms with van der Waals surface area (Å²) in [6, 6.07) is 8.43. The third kappa shape index (κ3) is 4.58. The molecule has 0 amide bonds. The van der Waals surface area contributed by atoms with Crippen LogP contribution in [0.5, 0.6) is 0 Å². The molecule has 0 radical (unpaired) electrons. The van der Waals surface area contributed by atoms with Crippen LogP contribution in [0.15, 0.2) is 68.3 Å². The maximum Gasteiger partial charge on any atom is 0.344 e. The average Bonchev–Trinajstić information content (AvgIpc) is 2.99. The molecule has 5 rings (SSSR count). The highest BCUT2D eigenvalue weighted by Crippen LogP contribution is 2.34. The third-order valence-corrected chi connectivity index (χ3v) is 7.34. The van der Waals surface area contributed by atoms with Gasteiger partial charge in [-0.25, -0.2) is 4.79 Å². The smallest absolute Gasteiger partial charge is 0.344 e. The summed E-state index contributed by atoms with van der Waals surface area (Å²) >= 11 is 0. The fraction of sp³-hybridized carbons (Fsp3) is 0.429. The molecule has 7 heteroatoms. The molecule has 2 aromatic rings. The first kappa shape index (κ1) is 23.6. The first-order chi connectivity index (χ1) is 16.8. The highest BCUT2D eigenvalue weighted by Gasteiger charge is 2.25. The zero-order chi connectivity index (χ0) is 24.7. The van der Waals surface area contributed by atoms with Crippen molar-refractivity contribution in [2.45, 2.75) is 40.2 Å². The van der Waals surface area contributed by atoms with Crippen LogP contribution < -0.4 is 10.5 Å². The molecule has 1 N–H and O–H groups in total. The predicted molar refractivity (Wildman–Crippen MR) is 141 cm³/mol. The van der Waals surface area contributed by atoms with Crippen molar-refractivity contribution in [1.29, 1.82) is 0 Å². The molecule has 2 atom stereocenters. The van der Waals surface area contributed by atoms with Crippen LogP contribution in [0.1, 0.15) is 39.9 Å². The lowest BCUT2D eigenvalue weighted by atomic mass is 9.95. The van der Waals surface area contributed by atoms with E-state index in [4.69, 9.17) is 4.42 Å². The second-order valence-electron chi connectivity index (χ2n) is 9.91. The van der Waals surface area contributed by atoms with Crippen molar-refractivity contribution in [2.24, 2.45) is 10.9 Å². The maximum absolute atomic E-state index is 13.2. The molecule has 35 heavy (non-hydrogen) atoms. The van der Waals surface area contributed by atoms with Crippen molar-refractivity contribution < 1.29 is 9.52 Å². The molecule has 1 unspecified atom stereocenters. The molecule has 0 saturated carbocycles. The van der Waals surface area contributed by atoms with Crippen molar-refractivity contribution >= 4 is 27.7 Å². The van der Waals surface area contributed by atoms with E-state index in [1.807, 2.05) is 38.2 Å². The Labute approximate surface area is 206 Å². The molecular weight excluding hydrogens is 440 g/mol. The molecule has 4 heterocycles. The summed E-state index contributed by atoms with van der Waals surface area (Å²) < 4.78 is 5.92. The molecule has 0 aliphatic carbocycles. The van der Waals surface area contributed by atoms with Crippen LogP contribution in [-0.4, -0.2) is 59.4 Å². The van der Waals surface area contributed by atoms with E-state index >= 15 is 0 Å². The number of rotatable bonds is 4. The first-order valence-electron chi connectivity index (χ1n) is 12.5. The fourth-order valence-electron chi connectivity index (χ4n) is 5.37. The van der Waals surface area contributed by atoms with Crippen LogP contribution in [0.4, 0.5) is 5.69 Å². The molecule has 1 aromatic heterocycles. The molecule has 3 aliphatic rings. The van der Waals surface area contributed by atoms with E-state index in [1.165, 1.54) is 0 Å². The minimum atomic E-state index is -0.306. The van der Waals surface area contributed by atoms with Gasteiger partial charge >= 0.3 is 5.63 Å². The summed E-state index contributed by atoms with van der Waals surface area (Å²) in [5, 5.41) is 10.8. The number of aliphatic hydroxyl groups excluding tert-OH is 1. The van der Waals surface area contributed by atoms with Gasteiger partial charge in [-0.3, -0.25) is 9.89 Å². The van der Waals surface area contributed by atoms with E-state index < -0.39 is 0 Å². The number of hydrogen-bond acceptors (Lipinski definition) is 7. The second-order valence-corrected chi connectivity index (χ2v) is 9.91. The van der Waals surface area contributed by atoms with E-state index in [9.17, 15) is 9.90 Å². The Hall–Kier alpha value is -3.16.